The second kappa shape index (κ2) is 6.24. The summed E-state index contributed by atoms with van der Waals surface area (Å²) in [6, 6.07) is 4.76. The molecule has 1 unspecified atom stereocenters. The Bertz CT molecular complexity index is 454. The van der Waals surface area contributed by atoms with E-state index in [1.807, 2.05) is 6.92 Å². The fourth-order valence-electron chi connectivity index (χ4n) is 1.39. The normalized spacial score (nSPS) is 11.8. The van der Waals surface area contributed by atoms with E-state index in [2.05, 4.69) is 11.2 Å². The molecule has 5 heteroatoms. The van der Waals surface area contributed by atoms with Crippen molar-refractivity contribution in [1.82, 2.24) is 5.32 Å². The van der Waals surface area contributed by atoms with Crippen molar-refractivity contribution in [1.29, 1.82) is 0 Å². The molecular weight excluding hydrogens is 240 g/mol. The van der Waals surface area contributed by atoms with Gasteiger partial charge in [-0.15, -0.1) is 12.3 Å². The molecule has 0 spiro atoms. The van der Waals surface area contributed by atoms with Crippen molar-refractivity contribution >= 4 is 17.3 Å². The maximum Gasteiger partial charge on any atom is 0.275 e. The Hall–Kier alpha value is -1.57. The van der Waals surface area contributed by atoms with E-state index in [-0.39, 0.29) is 11.7 Å². The third-order valence-corrected chi connectivity index (χ3v) is 2.54. The van der Waals surface area contributed by atoms with Gasteiger partial charge in [-0.05, 0) is 19.1 Å². The van der Waals surface area contributed by atoms with Gasteiger partial charge in [-0.3, -0.25) is 10.1 Å². The quantitative estimate of drug-likeness (QED) is 0.498. The number of nitro groups is 1. The first-order valence-corrected chi connectivity index (χ1v) is 5.52. The number of nitrogens with zero attached hydrogens (tertiary/aromatic N) is 1. The van der Waals surface area contributed by atoms with Gasteiger partial charge in [0, 0.05) is 35.7 Å². The van der Waals surface area contributed by atoms with E-state index in [9.17, 15) is 10.1 Å². The molecule has 0 saturated carbocycles. The summed E-state index contributed by atoms with van der Waals surface area (Å²) >= 11 is 5.72. The molecule has 90 valence electrons. The maximum absolute atomic E-state index is 10.8. The van der Waals surface area contributed by atoms with Crippen LogP contribution in [0.3, 0.4) is 0 Å². The Morgan fingerprint density at radius 3 is 2.94 bits per heavy atom. The molecule has 1 atom stereocenters. The molecule has 0 aliphatic carbocycles. The second-order valence-corrected chi connectivity index (χ2v) is 4.16. The molecule has 0 amide bonds. The van der Waals surface area contributed by atoms with Gasteiger partial charge < -0.3 is 5.32 Å². The van der Waals surface area contributed by atoms with Gasteiger partial charge in [-0.25, -0.2) is 0 Å². The molecule has 1 aromatic rings. The average Bonchev–Trinajstić information content (AvgIpc) is 2.27. The minimum absolute atomic E-state index is 0.0258. The van der Waals surface area contributed by atoms with E-state index in [4.69, 9.17) is 18.0 Å². The predicted molar refractivity (Wildman–Crippen MR) is 67.9 cm³/mol. The summed E-state index contributed by atoms with van der Waals surface area (Å²) in [6.45, 7) is 2.33. The van der Waals surface area contributed by atoms with Crippen LogP contribution < -0.4 is 5.32 Å². The van der Waals surface area contributed by atoms with Crippen LogP contribution in [0, 0.1) is 22.5 Å². The number of halogens is 1. The minimum atomic E-state index is -0.436. The topological polar surface area (TPSA) is 55.2 Å². The highest BCUT2D eigenvalue weighted by Crippen LogP contribution is 2.23. The lowest BCUT2D eigenvalue weighted by molar-refractivity contribution is -0.385. The zero-order chi connectivity index (χ0) is 12.8. The van der Waals surface area contributed by atoms with Crippen LogP contribution in [0.1, 0.15) is 18.9 Å². The summed E-state index contributed by atoms with van der Waals surface area (Å²) in [5.74, 6) is 2.53. The summed E-state index contributed by atoms with van der Waals surface area (Å²) in [5.41, 5.74) is 0.626. The molecule has 0 radical (unpaired) electrons. The summed E-state index contributed by atoms with van der Waals surface area (Å²) in [6.07, 6.45) is 5.77. The molecule has 0 heterocycles. The van der Waals surface area contributed by atoms with E-state index in [0.29, 0.717) is 23.6 Å². The third kappa shape index (κ3) is 4.06. The summed E-state index contributed by atoms with van der Waals surface area (Å²) in [4.78, 5) is 10.4. The molecule has 0 aliphatic rings. The lowest BCUT2D eigenvalue weighted by atomic mass is 10.1. The minimum Gasteiger partial charge on any atom is -0.309 e. The van der Waals surface area contributed by atoms with E-state index < -0.39 is 4.92 Å². The average molecular weight is 253 g/mol. The first kappa shape index (κ1) is 13.5. The molecule has 0 bridgehead atoms. The van der Waals surface area contributed by atoms with E-state index in [1.54, 1.807) is 12.1 Å². The maximum atomic E-state index is 10.8. The van der Waals surface area contributed by atoms with E-state index >= 15 is 0 Å². The van der Waals surface area contributed by atoms with Crippen LogP contribution >= 0.6 is 11.6 Å². The van der Waals surface area contributed by atoms with Crippen LogP contribution in [0.5, 0.6) is 0 Å². The number of rotatable bonds is 5. The Morgan fingerprint density at radius 2 is 2.35 bits per heavy atom. The fraction of sp³-hybridized carbons (Fsp3) is 0.333. The van der Waals surface area contributed by atoms with E-state index in [1.165, 1.54) is 6.07 Å². The molecule has 1 N–H and O–H groups in total. The highest BCUT2D eigenvalue weighted by Gasteiger charge is 2.14. The van der Waals surface area contributed by atoms with Crippen LogP contribution in [0.15, 0.2) is 18.2 Å². The van der Waals surface area contributed by atoms with Crippen LogP contribution in [-0.4, -0.2) is 11.0 Å². The van der Waals surface area contributed by atoms with Crippen molar-refractivity contribution < 1.29 is 4.92 Å². The molecule has 0 aliphatic heterocycles. The van der Waals surface area contributed by atoms with Crippen LogP contribution in [0.25, 0.3) is 0 Å². The van der Waals surface area contributed by atoms with Gasteiger partial charge >= 0.3 is 0 Å². The van der Waals surface area contributed by atoms with Crippen molar-refractivity contribution in [2.24, 2.45) is 0 Å². The molecule has 0 fully saturated rings. The fourth-order valence-corrected chi connectivity index (χ4v) is 1.56. The monoisotopic (exact) mass is 252 g/mol. The Labute approximate surface area is 105 Å². The smallest absolute Gasteiger partial charge is 0.275 e. The Morgan fingerprint density at radius 1 is 1.65 bits per heavy atom. The highest BCUT2D eigenvalue weighted by molar-refractivity contribution is 6.30. The van der Waals surface area contributed by atoms with Crippen molar-refractivity contribution in [3.63, 3.8) is 0 Å². The number of hydrogen-bond donors (Lipinski definition) is 1. The number of benzene rings is 1. The number of nitro benzene ring substituents is 1. The summed E-state index contributed by atoms with van der Waals surface area (Å²) < 4.78 is 0. The zero-order valence-electron chi connectivity index (χ0n) is 9.44. The molecule has 1 rings (SSSR count). The molecule has 0 saturated heterocycles. The van der Waals surface area contributed by atoms with Gasteiger partial charge in [0.2, 0.25) is 0 Å². The van der Waals surface area contributed by atoms with Crippen molar-refractivity contribution in [3.05, 3.63) is 38.9 Å². The largest absolute Gasteiger partial charge is 0.309 e. The van der Waals surface area contributed by atoms with E-state index in [0.717, 1.165) is 0 Å². The van der Waals surface area contributed by atoms with Crippen molar-refractivity contribution in [2.75, 3.05) is 0 Å². The molecule has 1 aromatic carbocycles. The van der Waals surface area contributed by atoms with Crippen LogP contribution in [-0.2, 0) is 6.54 Å². The van der Waals surface area contributed by atoms with Gasteiger partial charge in [0.15, 0.2) is 0 Å². The van der Waals surface area contributed by atoms with Crippen LogP contribution in [0.2, 0.25) is 5.02 Å². The first-order chi connectivity index (χ1) is 8.04. The van der Waals surface area contributed by atoms with Crippen LogP contribution in [0.4, 0.5) is 5.69 Å². The highest BCUT2D eigenvalue weighted by atomic mass is 35.5. The zero-order valence-corrected chi connectivity index (χ0v) is 10.2. The molecule has 4 nitrogen and oxygen atoms in total. The van der Waals surface area contributed by atoms with Gasteiger partial charge in [0.25, 0.3) is 5.69 Å². The molecule has 0 aromatic heterocycles. The summed E-state index contributed by atoms with van der Waals surface area (Å²) in [5, 5.41) is 14.3. The van der Waals surface area contributed by atoms with Crippen molar-refractivity contribution in [3.8, 4) is 12.3 Å². The molecule has 17 heavy (non-hydrogen) atoms. The molecular formula is C12H13ClN2O2. The van der Waals surface area contributed by atoms with Crippen molar-refractivity contribution in [2.45, 2.75) is 25.9 Å². The third-order valence-electron chi connectivity index (χ3n) is 2.31. The number of nitrogens with one attached hydrogen (secondary N) is 1. The van der Waals surface area contributed by atoms with Gasteiger partial charge in [-0.1, -0.05) is 11.6 Å². The number of terminal acetylenes is 1. The second-order valence-electron chi connectivity index (χ2n) is 3.72. The van der Waals surface area contributed by atoms with Gasteiger partial charge in [0.1, 0.15) is 0 Å². The predicted octanol–water partition coefficient (Wildman–Crippen LogP) is 2.75. The Balaban J connectivity index is 2.77. The first-order valence-electron chi connectivity index (χ1n) is 5.14. The van der Waals surface area contributed by atoms with Gasteiger partial charge in [-0.2, -0.15) is 0 Å². The van der Waals surface area contributed by atoms with Gasteiger partial charge in [0.05, 0.1) is 4.92 Å². The lowest BCUT2D eigenvalue weighted by Gasteiger charge is -2.10. The summed E-state index contributed by atoms with van der Waals surface area (Å²) in [7, 11) is 0. The lowest BCUT2D eigenvalue weighted by Crippen LogP contribution is -2.25. The number of hydrogen-bond acceptors (Lipinski definition) is 3. The SMILES string of the molecule is C#CCC(C)NCc1ccc(Cl)cc1[N+](=O)[O-]. The standard InChI is InChI=1S/C12H13ClN2O2/c1-3-4-9(2)14-8-10-5-6-11(13)7-12(10)15(16)17/h1,5-7,9,14H,4,8H2,2H3. The Kier molecular flexibility index (Phi) is 4.95.